The molecule has 1 saturated heterocycles. The molecular weight excluding hydrogens is 386 g/mol. The van der Waals surface area contributed by atoms with Gasteiger partial charge in [0.05, 0.1) is 10.6 Å². The van der Waals surface area contributed by atoms with Crippen molar-refractivity contribution < 1.29 is 17.9 Å². The van der Waals surface area contributed by atoms with Crippen LogP contribution in [0.1, 0.15) is 41.6 Å². The zero-order valence-corrected chi connectivity index (χ0v) is 16.5. The van der Waals surface area contributed by atoms with E-state index >= 15 is 0 Å². The van der Waals surface area contributed by atoms with E-state index in [2.05, 4.69) is 0 Å². The zero-order chi connectivity index (χ0) is 19.3. The van der Waals surface area contributed by atoms with E-state index in [1.54, 1.807) is 0 Å². The second-order valence-corrected chi connectivity index (χ2v) is 8.84. The first kappa shape index (κ1) is 19.9. The molecule has 3 rings (SSSR count). The molecular formula is C20H22ClNO4S. The number of hydrogen-bond donors (Lipinski definition) is 0. The standard InChI is InChI=1S/C20H22ClNO4S/c21-18-11-10-17(20(23)26-15-16-8-4-3-5-9-16)14-19(18)27(24,25)22-12-6-1-2-7-13-22/h3-5,8-11,14H,1-2,6-7,12-13,15H2. The van der Waals surface area contributed by atoms with Crippen molar-refractivity contribution in [1.82, 2.24) is 4.31 Å². The van der Waals surface area contributed by atoms with Crippen LogP contribution in [0.4, 0.5) is 0 Å². The molecule has 27 heavy (non-hydrogen) atoms. The molecule has 0 bridgehead atoms. The fourth-order valence-corrected chi connectivity index (χ4v) is 5.07. The van der Waals surface area contributed by atoms with Gasteiger partial charge in [0.2, 0.25) is 10.0 Å². The Kier molecular flexibility index (Phi) is 6.52. The Balaban J connectivity index is 1.80. The molecule has 144 valence electrons. The van der Waals surface area contributed by atoms with Gasteiger partial charge in [0.1, 0.15) is 11.5 Å². The number of nitrogens with zero attached hydrogens (tertiary/aromatic N) is 1. The summed E-state index contributed by atoms with van der Waals surface area (Å²) in [5.41, 5.74) is 1.03. The van der Waals surface area contributed by atoms with Crippen LogP contribution in [-0.4, -0.2) is 31.8 Å². The van der Waals surface area contributed by atoms with Gasteiger partial charge >= 0.3 is 5.97 Å². The highest BCUT2D eigenvalue weighted by molar-refractivity contribution is 7.89. The Hall–Kier alpha value is -1.89. The highest BCUT2D eigenvalue weighted by Crippen LogP contribution is 2.28. The lowest BCUT2D eigenvalue weighted by Crippen LogP contribution is -2.32. The SMILES string of the molecule is O=C(OCc1ccccc1)c1ccc(Cl)c(S(=O)(=O)N2CCCCCC2)c1. The Labute approximate surface area is 165 Å². The lowest BCUT2D eigenvalue weighted by molar-refractivity contribution is 0.0472. The molecule has 1 heterocycles. The van der Waals surface area contributed by atoms with Gasteiger partial charge in [-0.15, -0.1) is 0 Å². The predicted octanol–water partition coefficient (Wildman–Crippen LogP) is 4.26. The molecule has 1 aliphatic heterocycles. The predicted molar refractivity (Wildman–Crippen MR) is 104 cm³/mol. The summed E-state index contributed by atoms with van der Waals surface area (Å²) in [5.74, 6) is -0.581. The van der Waals surface area contributed by atoms with E-state index in [4.69, 9.17) is 16.3 Å². The second-order valence-electron chi connectivity index (χ2n) is 6.53. The van der Waals surface area contributed by atoms with Crippen LogP contribution in [-0.2, 0) is 21.4 Å². The van der Waals surface area contributed by atoms with E-state index < -0.39 is 16.0 Å². The minimum Gasteiger partial charge on any atom is -0.457 e. The van der Waals surface area contributed by atoms with E-state index in [-0.39, 0.29) is 22.1 Å². The number of rotatable bonds is 5. The first-order valence-corrected chi connectivity index (χ1v) is 10.8. The third-order valence-corrected chi connectivity index (χ3v) is 6.94. The second kappa shape index (κ2) is 8.87. The molecule has 0 aromatic heterocycles. The molecule has 0 N–H and O–H groups in total. The summed E-state index contributed by atoms with van der Waals surface area (Å²) in [7, 11) is -3.75. The molecule has 0 atom stereocenters. The van der Waals surface area contributed by atoms with Crippen molar-refractivity contribution in [1.29, 1.82) is 0 Å². The van der Waals surface area contributed by atoms with Gasteiger partial charge in [0.15, 0.2) is 0 Å². The van der Waals surface area contributed by atoms with E-state index in [0.717, 1.165) is 31.2 Å². The maximum absolute atomic E-state index is 13.0. The molecule has 2 aromatic rings. The average Bonchev–Trinajstić information content (AvgIpc) is 2.97. The summed E-state index contributed by atoms with van der Waals surface area (Å²) in [6.07, 6.45) is 3.70. The van der Waals surface area contributed by atoms with Gasteiger partial charge in [-0.1, -0.05) is 54.8 Å². The van der Waals surface area contributed by atoms with Gasteiger partial charge in [0, 0.05) is 13.1 Å². The van der Waals surface area contributed by atoms with Crippen molar-refractivity contribution in [3.63, 3.8) is 0 Å². The number of halogens is 1. The highest BCUT2D eigenvalue weighted by Gasteiger charge is 2.28. The smallest absolute Gasteiger partial charge is 0.338 e. The van der Waals surface area contributed by atoms with Crippen LogP contribution in [0.5, 0.6) is 0 Å². The van der Waals surface area contributed by atoms with Gasteiger partial charge in [-0.25, -0.2) is 13.2 Å². The molecule has 0 saturated carbocycles. The first-order valence-electron chi connectivity index (χ1n) is 8.99. The fraction of sp³-hybridized carbons (Fsp3) is 0.350. The van der Waals surface area contributed by atoms with Crippen LogP contribution in [0, 0.1) is 0 Å². The van der Waals surface area contributed by atoms with Gasteiger partial charge in [-0.2, -0.15) is 4.31 Å². The largest absolute Gasteiger partial charge is 0.457 e. The number of ether oxygens (including phenoxy) is 1. The molecule has 0 radical (unpaired) electrons. The lowest BCUT2D eigenvalue weighted by Gasteiger charge is -2.21. The Morgan fingerprint density at radius 2 is 1.67 bits per heavy atom. The summed E-state index contributed by atoms with van der Waals surface area (Å²) in [4.78, 5) is 12.3. The number of hydrogen-bond acceptors (Lipinski definition) is 4. The minimum absolute atomic E-state index is 0.0415. The quantitative estimate of drug-likeness (QED) is 0.694. The van der Waals surface area contributed by atoms with Gasteiger partial charge in [-0.3, -0.25) is 0 Å². The van der Waals surface area contributed by atoms with E-state index in [1.807, 2.05) is 30.3 Å². The first-order chi connectivity index (χ1) is 13.0. The molecule has 1 fully saturated rings. The van der Waals surface area contributed by atoms with Crippen LogP contribution >= 0.6 is 11.6 Å². The van der Waals surface area contributed by atoms with Gasteiger partial charge in [-0.05, 0) is 36.6 Å². The van der Waals surface area contributed by atoms with Crippen LogP contribution in [0.2, 0.25) is 5.02 Å². The number of carbonyl (C=O) groups excluding carboxylic acids is 1. The van der Waals surface area contributed by atoms with Gasteiger partial charge in [0.25, 0.3) is 0 Å². The summed E-state index contributed by atoms with van der Waals surface area (Å²) >= 11 is 6.16. The molecule has 0 amide bonds. The minimum atomic E-state index is -3.75. The number of carbonyl (C=O) groups is 1. The molecule has 0 aliphatic carbocycles. The summed E-state index contributed by atoms with van der Waals surface area (Å²) < 4.78 is 32.8. The highest BCUT2D eigenvalue weighted by atomic mass is 35.5. The normalized spacial score (nSPS) is 15.9. The topological polar surface area (TPSA) is 63.7 Å². The third kappa shape index (κ3) is 4.89. The van der Waals surface area contributed by atoms with Crippen molar-refractivity contribution in [3.8, 4) is 0 Å². The van der Waals surface area contributed by atoms with Gasteiger partial charge < -0.3 is 4.74 Å². The van der Waals surface area contributed by atoms with Crippen LogP contribution in [0.3, 0.4) is 0 Å². The molecule has 0 unspecified atom stereocenters. The number of sulfonamides is 1. The van der Waals surface area contributed by atoms with E-state index in [0.29, 0.717) is 13.1 Å². The van der Waals surface area contributed by atoms with Crippen molar-refractivity contribution in [2.75, 3.05) is 13.1 Å². The number of esters is 1. The van der Waals surface area contributed by atoms with Crippen molar-refractivity contribution in [2.24, 2.45) is 0 Å². The van der Waals surface area contributed by atoms with Crippen molar-refractivity contribution >= 4 is 27.6 Å². The fourth-order valence-electron chi connectivity index (χ4n) is 3.06. The Morgan fingerprint density at radius 1 is 1.00 bits per heavy atom. The molecule has 2 aromatic carbocycles. The summed E-state index contributed by atoms with van der Waals surface area (Å²) in [5, 5.41) is 0.110. The average molecular weight is 408 g/mol. The lowest BCUT2D eigenvalue weighted by atomic mass is 10.2. The zero-order valence-electron chi connectivity index (χ0n) is 14.9. The Bertz CT molecular complexity index is 891. The van der Waals surface area contributed by atoms with Crippen LogP contribution in [0.25, 0.3) is 0 Å². The van der Waals surface area contributed by atoms with Crippen LogP contribution < -0.4 is 0 Å². The molecule has 1 aliphatic rings. The number of benzene rings is 2. The maximum atomic E-state index is 13.0. The summed E-state index contributed by atoms with van der Waals surface area (Å²) in [6.45, 7) is 1.07. The summed E-state index contributed by atoms with van der Waals surface area (Å²) in [6, 6.07) is 13.5. The Morgan fingerprint density at radius 3 is 2.33 bits per heavy atom. The third-order valence-electron chi connectivity index (χ3n) is 4.56. The molecule has 0 spiro atoms. The molecule has 7 heteroatoms. The van der Waals surface area contributed by atoms with Crippen molar-refractivity contribution in [3.05, 3.63) is 64.7 Å². The maximum Gasteiger partial charge on any atom is 0.338 e. The van der Waals surface area contributed by atoms with E-state index in [1.165, 1.54) is 22.5 Å². The van der Waals surface area contributed by atoms with Crippen molar-refractivity contribution in [2.45, 2.75) is 37.2 Å². The monoisotopic (exact) mass is 407 g/mol. The van der Waals surface area contributed by atoms with Crippen LogP contribution in [0.15, 0.2) is 53.4 Å². The van der Waals surface area contributed by atoms with E-state index in [9.17, 15) is 13.2 Å². The molecule has 5 nitrogen and oxygen atoms in total.